The molecule has 0 aliphatic heterocycles. The first-order valence-electron chi connectivity index (χ1n) is 4.04. The van der Waals surface area contributed by atoms with Gasteiger partial charge in [0.25, 0.3) is 0 Å². The number of aromatic amines is 1. The number of hydrogen-bond acceptors (Lipinski definition) is 4. The highest BCUT2D eigenvalue weighted by atomic mass is 16.3. The van der Waals surface area contributed by atoms with Crippen LogP contribution < -0.4 is 0 Å². The highest BCUT2D eigenvalue weighted by Gasteiger charge is 1.90. The quantitative estimate of drug-likeness (QED) is 0.582. The van der Waals surface area contributed by atoms with Gasteiger partial charge in [0.15, 0.2) is 6.39 Å². The normalized spacial score (nSPS) is 9.43. The number of nitrogens with one attached hydrogen (secondary N) is 1. The fourth-order valence-electron chi connectivity index (χ4n) is 0.962. The molecular formula is C9H8N4O. The second kappa shape index (κ2) is 4.18. The minimum absolute atomic E-state index is 0.914. The summed E-state index contributed by atoms with van der Waals surface area (Å²) in [6.45, 7) is 0. The van der Waals surface area contributed by atoms with Gasteiger partial charge in [-0.1, -0.05) is 12.1 Å². The maximum Gasteiger partial charge on any atom is 0.180 e. The van der Waals surface area contributed by atoms with Crippen LogP contribution in [0.4, 0.5) is 0 Å². The molecule has 0 atom stereocenters. The number of oxazole rings is 1. The Morgan fingerprint density at radius 2 is 1.79 bits per heavy atom. The number of para-hydroxylation sites is 2. The van der Waals surface area contributed by atoms with Crippen LogP contribution in [-0.4, -0.2) is 20.4 Å². The van der Waals surface area contributed by atoms with E-state index in [0.29, 0.717) is 0 Å². The van der Waals surface area contributed by atoms with Crippen LogP contribution in [0, 0.1) is 0 Å². The van der Waals surface area contributed by atoms with Crippen LogP contribution in [0.5, 0.6) is 0 Å². The van der Waals surface area contributed by atoms with Gasteiger partial charge in [0.1, 0.15) is 17.3 Å². The minimum Gasteiger partial charge on any atom is -0.452 e. The van der Waals surface area contributed by atoms with E-state index in [1.54, 1.807) is 6.20 Å². The van der Waals surface area contributed by atoms with E-state index >= 15 is 0 Å². The Bertz CT molecular complexity index is 427. The van der Waals surface area contributed by atoms with E-state index in [-0.39, 0.29) is 0 Å². The van der Waals surface area contributed by atoms with E-state index in [0.717, 1.165) is 11.0 Å². The van der Waals surface area contributed by atoms with Gasteiger partial charge in [0.2, 0.25) is 0 Å². The highest BCUT2D eigenvalue weighted by Crippen LogP contribution is 2.03. The van der Waals surface area contributed by atoms with E-state index in [9.17, 15) is 0 Å². The lowest BCUT2D eigenvalue weighted by Gasteiger charge is -1.78. The Morgan fingerprint density at radius 3 is 2.21 bits per heavy atom. The Hall–Kier alpha value is -2.17. The zero-order valence-electron chi connectivity index (χ0n) is 7.29. The molecule has 0 bridgehead atoms. The molecule has 3 aromatic rings. The van der Waals surface area contributed by atoms with E-state index in [4.69, 9.17) is 0 Å². The van der Waals surface area contributed by atoms with Crippen molar-refractivity contribution in [3.63, 3.8) is 0 Å². The average Bonchev–Trinajstić information content (AvgIpc) is 2.92. The zero-order chi connectivity index (χ0) is 9.64. The molecule has 0 unspecified atom stereocenters. The van der Waals surface area contributed by atoms with Gasteiger partial charge in [0, 0.05) is 0 Å². The molecule has 70 valence electrons. The van der Waals surface area contributed by atoms with Crippen molar-refractivity contribution < 1.29 is 4.42 Å². The second-order valence-corrected chi connectivity index (χ2v) is 2.49. The second-order valence-electron chi connectivity index (χ2n) is 2.49. The number of rotatable bonds is 0. The minimum atomic E-state index is 0.914. The molecule has 2 heterocycles. The van der Waals surface area contributed by atoms with E-state index in [1.807, 2.05) is 24.3 Å². The zero-order valence-corrected chi connectivity index (χ0v) is 7.29. The molecule has 0 spiro atoms. The summed E-state index contributed by atoms with van der Waals surface area (Å²) in [4.78, 5) is 3.56. The van der Waals surface area contributed by atoms with Crippen LogP contribution >= 0.6 is 0 Å². The summed E-state index contributed by atoms with van der Waals surface area (Å²) in [7, 11) is 0. The summed E-state index contributed by atoms with van der Waals surface area (Å²) in [6.07, 6.45) is 4.47. The van der Waals surface area contributed by atoms with Gasteiger partial charge < -0.3 is 4.42 Å². The summed E-state index contributed by atoms with van der Waals surface area (Å²) in [5.74, 6) is 0. The SMILES string of the molecule is c1ccc2n[nH]nc2c1.c1cocn1. The van der Waals surface area contributed by atoms with Gasteiger partial charge in [-0.3, -0.25) is 0 Å². The molecule has 0 fully saturated rings. The fourth-order valence-corrected chi connectivity index (χ4v) is 0.962. The van der Waals surface area contributed by atoms with Gasteiger partial charge in [-0.05, 0) is 12.1 Å². The van der Waals surface area contributed by atoms with Crippen molar-refractivity contribution in [2.45, 2.75) is 0 Å². The molecule has 5 nitrogen and oxygen atoms in total. The standard InChI is InChI=1S/C6H5N3.C3H3NO/c1-2-4-6-5(3-1)7-9-8-6;1-2-5-3-4-1/h1-4H,(H,7,8,9);1-3H. The lowest BCUT2D eigenvalue weighted by Crippen LogP contribution is -1.63. The van der Waals surface area contributed by atoms with Crippen molar-refractivity contribution in [3.8, 4) is 0 Å². The van der Waals surface area contributed by atoms with Crippen LogP contribution in [0.3, 0.4) is 0 Å². The molecule has 0 aliphatic rings. The molecule has 0 radical (unpaired) electrons. The first-order valence-corrected chi connectivity index (χ1v) is 4.04. The summed E-state index contributed by atoms with van der Waals surface area (Å²) < 4.78 is 4.47. The Kier molecular flexibility index (Phi) is 2.51. The lowest BCUT2D eigenvalue weighted by atomic mass is 10.3. The third-order valence-corrected chi connectivity index (χ3v) is 1.57. The Balaban J connectivity index is 0.000000128. The average molecular weight is 188 g/mol. The van der Waals surface area contributed by atoms with Crippen molar-refractivity contribution in [1.82, 2.24) is 20.4 Å². The summed E-state index contributed by atoms with van der Waals surface area (Å²) in [5, 5.41) is 10.3. The number of H-pyrrole nitrogens is 1. The smallest absolute Gasteiger partial charge is 0.180 e. The molecule has 0 aliphatic carbocycles. The largest absolute Gasteiger partial charge is 0.452 e. The summed E-state index contributed by atoms with van der Waals surface area (Å²) in [6, 6.07) is 7.70. The van der Waals surface area contributed by atoms with Crippen LogP contribution in [0.1, 0.15) is 0 Å². The summed E-state index contributed by atoms with van der Waals surface area (Å²) in [5.41, 5.74) is 1.83. The molecule has 1 N–H and O–H groups in total. The maximum atomic E-state index is 4.47. The van der Waals surface area contributed by atoms with Crippen molar-refractivity contribution in [2.75, 3.05) is 0 Å². The molecule has 3 rings (SSSR count). The monoisotopic (exact) mass is 188 g/mol. The van der Waals surface area contributed by atoms with Crippen LogP contribution in [-0.2, 0) is 0 Å². The fraction of sp³-hybridized carbons (Fsp3) is 0. The predicted octanol–water partition coefficient (Wildman–Crippen LogP) is 1.63. The molecule has 0 amide bonds. The predicted molar refractivity (Wildman–Crippen MR) is 50.4 cm³/mol. The molecule has 5 heteroatoms. The van der Waals surface area contributed by atoms with Crippen molar-refractivity contribution in [2.24, 2.45) is 0 Å². The van der Waals surface area contributed by atoms with Crippen molar-refractivity contribution in [3.05, 3.63) is 43.1 Å². The Labute approximate surface area is 79.8 Å². The summed E-state index contributed by atoms with van der Waals surface area (Å²) >= 11 is 0. The third-order valence-electron chi connectivity index (χ3n) is 1.57. The molecule has 2 aromatic heterocycles. The van der Waals surface area contributed by atoms with Gasteiger partial charge >= 0.3 is 0 Å². The van der Waals surface area contributed by atoms with Gasteiger partial charge in [-0.15, -0.1) is 0 Å². The first-order chi connectivity index (χ1) is 6.97. The Morgan fingerprint density at radius 1 is 1.07 bits per heavy atom. The molecule has 0 saturated heterocycles. The number of hydrogen-bond donors (Lipinski definition) is 1. The van der Waals surface area contributed by atoms with Crippen molar-refractivity contribution in [1.29, 1.82) is 0 Å². The number of aromatic nitrogens is 4. The number of fused-ring (bicyclic) bond motifs is 1. The van der Waals surface area contributed by atoms with Crippen LogP contribution in [0.2, 0.25) is 0 Å². The van der Waals surface area contributed by atoms with Gasteiger partial charge in [-0.25, -0.2) is 4.98 Å². The molecular weight excluding hydrogens is 180 g/mol. The third kappa shape index (κ3) is 1.95. The highest BCUT2D eigenvalue weighted by molar-refractivity contribution is 5.72. The topological polar surface area (TPSA) is 67.6 Å². The number of benzene rings is 1. The first kappa shape index (κ1) is 8.43. The lowest BCUT2D eigenvalue weighted by molar-refractivity contribution is 0.558. The van der Waals surface area contributed by atoms with Gasteiger partial charge in [-0.2, -0.15) is 15.4 Å². The van der Waals surface area contributed by atoms with E-state index < -0.39 is 0 Å². The number of nitrogens with zero attached hydrogens (tertiary/aromatic N) is 3. The molecule has 0 saturated carbocycles. The molecule has 1 aromatic carbocycles. The van der Waals surface area contributed by atoms with E-state index in [2.05, 4.69) is 24.8 Å². The van der Waals surface area contributed by atoms with Crippen LogP contribution in [0.15, 0.2) is 47.5 Å². The van der Waals surface area contributed by atoms with Crippen LogP contribution in [0.25, 0.3) is 11.0 Å². The molecule has 14 heavy (non-hydrogen) atoms. The maximum absolute atomic E-state index is 4.47. The van der Waals surface area contributed by atoms with Gasteiger partial charge in [0.05, 0.1) is 6.20 Å². The van der Waals surface area contributed by atoms with Crippen molar-refractivity contribution >= 4 is 11.0 Å². The van der Waals surface area contributed by atoms with E-state index in [1.165, 1.54) is 12.7 Å².